The third kappa shape index (κ3) is 6.98. The fraction of sp³-hybridized carbons (Fsp3) is 0.240. The summed E-state index contributed by atoms with van der Waals surface area (Å²) in [5.41, 5.74) is 1.17. The third-order valence-corrected chi connectivity index (χ3v) is 7.42. The fourth-order valence-corrected chi connectivity index (χ4v) is 5.45. The van der Waals surface area contributed by atoms with Crippen LogP contribution in [-0.4, -0.2) is 54.3 Å². The molecule has 1 aliphatic rings. The van der Waals surface area contributed by atoms with Gasteiger partial charge in [-0.05, 0) is 60.7 Å². The number of nitrogens with one attached hydrogen (secondary N) is 2. The normalized spacial score (nSPS) is 13.6. The van der Waals surface area contributed by atoms with Crippen molar-refractivity contribution in [2.75, 3.05) is 55.0 Å². The first kappa shape index (κ1) is 26.9. The lowest BCUT2D eigenvalue weighted by Gasteiger charge is -2.30. The largest absolute Gasteiger partial charge is 0.497 e. The first-order valence-corrected chi connectivity index (χ1v) is 13.5. The van der Waals surface area contributed by atoms with Gasteiger partial charge in [0, 0.05) is 29.5 Å². The molecule has 3 aromatic rings. The van der Waals surface area contributed by atoms with E-state index in [9.17, 15) is 13.2 Å². The van der Waals surface area contributed by atoms with Gasteiger partial charge in [-0.1, -0.05) is 23.2 Å². The molecule has 196 valence electrons. The van der Waals surface area contributed by atoms with Gasteiger partial charge < -0.3 is 24.4 Å². The third-order valence-electron chi connectivity index (χ3n) is 5.48. The van der Waals surface area contributed by atoms with Gasteiger partial charge in [-0.2, -0.15) is 0 Å². The van der Waals surface area contributed by atoms with Crippen LogP contribution in [0.25, 0.3) is 0 Å². The molecule has 0 saturated carbocycles. The van der Waals surface area contributed by atoms with Crippen LogP contribution in [-0.2, 0) is 19.6 Å². The summed E-state index contributed by atoms with van der Waals surface area (Å²) >= 11 is 12.0. The van der Waals surface area contributed by atoms with E-state index in [0.717, 1.165) is 0 Å². The summed E-state index contributed by atoms with van der Waals surface area (Å²) in [4.78, 5) is 14.5. The number of hydrogen-bond donors (Lipinski definition) is 2. The molecule has 37 heavy (non-hydrogen) atoms. The Morgan fingerprint density at radius 1 is 1.00 bits per heavy atom. The highest BCUT2D eigenvalue weighted by Crippen LogP contribution is 2.31. The molecule has 0 spiro atoms. The van der Waals surface area contributed by atoms with Crippen molar-refractivity contribution in [2.45, 2.75) is 4.90 Å². The molecule has 1 saturated heterocycles. The number of anilines is 3. The van der Waals surface area contributed by atoms with Crippen molar-refractivity contribution in [1.82, 2.24) is 0 Å². The van der Waals surface area contributed by atoms with Crippen LogP contribution in [0.5, 0.6) is 11.5 Å². The van der Waals surface area contributed by atoms with E-state index in [1.54, 1.807) is 48.5 Å². The Bertz CT molecular complexity index is 1360. The maximum absolute atomic E-state index is 13.5. The van der Waals surface area contributed by atoms with Crippen LogP contribution in [0.4, 0.5) is 17.1 Å². The molecule has 1 fully saturated rings. The smallest absolute Gasteiger partial charge is 0.264 e. The van der Waals surface area contributed by atoms with Gasteiger partial charge in [0.2, 0.25) is 0 Å². The first-order valence-electron chi connectivity index (χ1n) is 11.3. The molecule has 0 unspecified atom stereocenters. The molecule has 0 radical (unpaired) electrons. The minimum Gasteiger partial charge on any atom is -0.497 e. The van der Waals surface area contributed by atoms with E-state index in [-0.39, 0.29) is 16.5 Å². The van der Waals surface area contributed by atoms with Crippen LogP contribution in [0.2, 0.25) is 10.0 Å². The molecule has 1 aliphatic heterocycles. The average Bonchev–Trinajstić information content (AvgIpc) is 2.89. The zero-order valence-corrected chi connectivity index (χ0v) is 22.2. The van der Waals surface area contributed by atoms with Crippen LogP contribution in [0.3, 0.4) is 0 Å². The maximum atomic E-state index is 13.5. The Balaban J connectivity index is 1.55. The van der Waals surface area contributed by atoms with Crippen molar-refractivity contribution < 1.29 is 27.4 Å². The molecular weight excluding hydrogens is 541 g/mol. The number of sulfonamides is 1. The van der Waals surface area contributed by atoms with Crippen molar-refractivity contribution in [2.24, 2.45) is 0 Å². The lowest BCUT2D eigenvalue weighted by molar-refractivity contribution is -0.118. The molecule has 0 aromatic heterocycles. The van der Waals surface area contributed by atoms with E-state index in [4.69, 9.17) is 37.4 Å². The van der Waals surface area contributed by atoms with Crippen LogP contribution in [0.15, 0.2) is 65.6 Å². The second-order valence-electron chi connectivity index (χ2n) is 8.03. The summed E-state index contributed by atoms with van der Waals surface area (Å²) < 4.78 is 45.6. The number of ether oxygens (including phenoxy) is 3. The second kappa shape index (κ2) is 11.9. The van der Waals surface area contributed by atoms with E-state index < -0.39 is 15.9 Å². The van der Waals surface area contributed by atoms with Gasteiger partial charge in [0.25, 0.3) is 15.9 Å². The number of nitrogens with zero attached hydrogens (tertiary/aromatic N) is 1. The lowest BCUT2D eigenvalue weighted by atomic mass is 10.2. The molecule has 12 heteroatoms. The predicted molar refractivity (Wildman–Crippen MR) is 144 cm³/mol. The van der Waals surface area contributed by atoms with Crippen molar-refractivity contribution in [3.63, 3.8) is 0 Å². The fourth-order valence-electron chi connectivity index (χ4n) is 3.67. The highest BCUT2D eigenvalue weighted by Gasteiger charge is 2.25. The van der Waals surface area contributed by atoms with Crippen molar-refractivity contribution in [3.05, 3.63) is 70.7 Å². The molecule has 0 atom stereocenters. The Hall–Kier alpha value is -3.18. The number of halogens is 2. The molecule has 1 heterocycles. The number of amides is 1. The molecule has 4 rings (SSSR count). The van der Waals surface area contributed by atoms with Gasteiger partial charge >= 0.3 is 0 Å². The monoisotopic (exact) mass is 565 g/mol. The quantitative estimate of drug-likeness (QED) is 0.388. The highest BCUT2D eigenvalue weighted by atomic mass is 35.5. The lowest BCUT2D eigenvalue weighted by Crippen LogP contribution is -2.37. The first-order chi connectivity index (χ1) is 17.7. The van der Waals surface area contributed by atoms with Gasteiger partial charge in [-0.25, -0.2) is 8.42 Å². The van der Waals surface area contributed by atoms with Gasteiger partial charge in [0.05, 0.1) is 31.0 Å². The van der Waals surface area contributed by atoms with Crippen molar-refractivity contribution in [3.8, 4) is 11.5 Å². The zero-order chi connectivity index (χ0) is 26.4. The van der Waals surface area contributed by atoms with Crippen LogP contribution in [0.1, 0.15) is 0 Å². The summed E-state index contributed by atoms with van der Waals surface area (Å²) in [6.45, 7) is 1.70. The van der Waals surface area contributed by atoms with E-state index >= 15 is 0 Å². The SMILES string of the molecule is COc1ccc(NS(=O)(=O)c2cc(NC(=O)COc3ccc(Cl)cc3Cl)ccc2N2CCOCC2)cc1. The summed E-state index contributed by atoms with van der Waals surface area (Å²) in [6, 6.07) is 15.9. The van der Waals surface area contributed by atoms with Gasteiger partial charge in [-0.15, -0.1) is 0 Å². The van der Waals surface area contributed by atoms with Crippen LogP contribution in [0, 0.1) is 0 Å². The molecule has 1 amide bonds. The molecule has 9 nitrogen and oxygen atoms in total. The number of rotatable bonds is 9. The minimum atomic E-state index is -4.02. The zero-order valence-electron chi connectivity index (χ0n) is 19.9. The minimum absolute atomic E-state index is 0.0182. The van der Waals surface area contributed by atoms with Crippen molar-refractivity contribution >= 4 is 56.2 Å². The van der Waals surface area contributed by atoms with Gasteiger partial charge in [0.15, 0.2) is 6.61 Å². The van der Waals surface area contributed by atoms with E-state index in [1.807, 2.05) is 4.90 Å². The van der Waals surface area contributed by atoms with E-state index in [0.29, 0.717) is 59.9 Å². The average molecular weight is 566 g/mol. The summed E-state index contributed by atoms with van der Waals surface area (Å²) in [7, 11) is -2.49. The molecule has 0 bridgehead atoms. The maximum Gasteiger partial charge on any atom is 0.264 e. The molecule has 2 N–H and O–H groups in total. The van der Waals surface area contributed by atoms with Crippen LogP contribution < -0.4 is 24.4 Å². The molecular formula is C25H25Cl2N3O6S. The van der Waals surface area contributed by atoms with E-state index in [1.165, 1.54) is 19.2 Å². The summed E-state index contributed by atoms with van der Waals surface area (Å²) in [5, 5.41) is 3.39. The number of methoxy groups -OCH3 is 1. The van der Waals surface area contributed by atoms with E-state index in [2.05, 4.69) is 10.0 Å². The topological polar surface area (TPSA) is 106 Å². The number of carbonyl (C=O) groups is 1. The number of hydrogen-bond acceptors (Lipinski definition) is 7. The Labute approximate surface area is 225 Å². The number of benzene rings is 3. The summed E-state index contributed by atoms with van der Waals surface area (Å²) in [6.07, 6.45) is 0. The van der Waals surface area contributed by atoms with Gasteiger partial charge in [-0.3, -0.25) is 9.52 Å². The van der Waals surface area contributed by atoms with Crippen LogP contribution >= 0.6 is 23.2 Å². The number of carbonyl (C=O) groups excluding carboxylic acids is 1. The number of morpholine rings is 1. The van der Waals surface area contributed by atoms with Gasteiger partial charge in [0.1, 0.15) is 16.4 Å². The Morgan fingerprint density at radius 2 is 1.70 bits per heavy atom. The highest BCUT2D eigenvalue weighted by molar-refractivity contribution is 7.92. The summed E-state index contributed by atoms with van der Waals surface area (Å²) in [5.74, 6) is 0.413. The van der Waals surface area contributed by atoms with Crippen molar-refractivity contribution in [1.29, 1.82) is 0 Å². The predicted octanol–water partition coefficient (Wildman–Crippen LogP) is 4.66. The standard InChI is InChI=1S/C25H25Cl2N3O6S/c1-34-20-6-3-18(4-7-20)29-37(32,33)24-15-19(5-8-22(24)30-10-12-35-13-11-30)28-25(31)16-36-23-9-2-17(26)14-21(23)27/h2-9,14-15,29H,10-13,16H2,1H3,(H,28,31). The Kier molecular flexibility index (Phi) is 8.65. The second-order valence-corrected chi connectivity index (χ2v) is 10.5. The molecule has 0 aliphatic carbocycles. The Morgan fingerprint density at radius 3 is 2.38 bits per heavy atom. The molecule has 3 aromatic carbocycles.